The summed E-state index contributed by atoms with van der Waals surface area (Å²) in [6, 6.07) is 10.2. The van der Waals surface area contributed by atoms with E-state index < -0.39 is 41.6 Å². The zero-order valence-corrected chi connectivity index (χ0v) is 21.3. The molecule has 2 aromatic carbocycles. The van der Waals surface area contributed by atoms with Crippen molar-refractivity contribution in [2.75, 3.05) is 5.32 Å². The van der Waals surface area contributed by atoms with E-state index in [1.54, 1.807) is 25.3 Å². The van der Waals surface area contributed by atoms with Crippen molar-refractivity contribution in [1.82, 2.24) is 14.7 Å². The van der Waals surface area contributed by atoms with Crippen LogP contribution >= 0.6 is 0 Å². The quantitative estimate of drug-likeness (QED) is 0.212. The van der Waals surface area contributed by atoms with E-state index >= 15 is 0 Å². The Bertz CT molecular complexity index is 1620. The van der Waals surface area contributed by atoms with E-state index in [0.29, 0.717) is 5.69 Å². The standard InChI is InChI=1S/C24H19F3N4O4.C2HF3O2/c1-13-21(23(32)30-19-8-7-15(25)10-14(19)11-28-24(33)34)31-9-3-6-20(22(31)29-13)35-12-16-17(26)4-2-5-18(16)27;3-2(4,5)1(6)7/h2-10,28H,11-12H2,1H3,(H,30,32)(H,33,34);(H,6,7). The van der Waals surface area contributed by atoms with Gasteiger partial charge in [-0.25, -0.2) is 27.7 Å². The lowest BCUT2D eigenvalue weighted by molar-refractivity contribution is -0.192. The molecule has 0 aliphatic heterocycles. The zero-order valence-electron chi connectivity index (χ0n) is 21.3. The zero-order chi connectivity index (χ0) is 31.2. The van der Waals surface area contributed by atoms with Gasteiger partial charge in [-0.1, -0.05) is 6.07 Å². The van der Waals surface area contributed by atoms with Gasteiger partial charge in [0.1, 0.15) is 29.8 Å². The molecule has 0 fully saturated rings. The molecule has 0 aliphatic rings. The Hall–Kier alpha value is -5.28. The van der Waals surface area contributed by atoms with E-state index in [4.69, 9.17) is 19.7 Å². The average Bonchev–Trinajstić information content (AvgIpc) is 3.24. The number of carbonyl (C=O) groups excluding carboxylic acids is 1. The van der Waals surface area contributed by atoms with Gasteiger partial charge in [0.15, 0.2) is 11.4 Å². The minimum Gasteiger partial charge on any atom is -0.485 e. The number of aliphatic carboxylic acids is 1. The number of halogens is 6. The van der Waals surface area contributed by atoms with Crippen LogP contribution in [0.5, 0.6) is 5.75 Å². The predicted octanol–water partition coefficient (Wildman–Crippen LogP) is 5.29. The molecule has 4 N–H and O–H groups in total. The summed E-state index contributed by atoms with van der Waals surface area (Å²) >= 11 is 0. The molecular weight excluding hydrogens is 578 g/mol. The van der Waals surface area contributed by atoms with Crippen LogP contribution in [0.4, 0.5) is 36.8 Å². The van der Waals surface area contributed by atoms with Gasteiger partial charge in [-0.15, -0.1) is 0 Å². The third kappa shape index (κ3) is 7.67. The van der Waals surface area contributed by atoms with Crippen LogP contribution in [-0.2, 0) is 17.9 Å². The minimum absolute atomic E-state index is 0.143. The number of hydrogen-bond acceptors (Lipinski definition) is 5. The second kappa shape index (κ2) is 12.9. The number of hydrogen-bond donors (Lipinski definition) is 4. The molecule has 0 saturated carbocycles. The molecule has 10 nitrogen and oxygen atoms in total. The Morgan fingerprint density at radius 1 is 1.00 bits per heavy atom. The summed E-state index contributed by atoms with van der Waals surface area (Å²) in [5.41, 5.74) is 0.922. The Labute approximate surface area is 232 Å². The highest BCUT2D eigenvalue weighted by Crippen LogP contribution is 2.25. The fourth-order valence-corrected chi connectivity index (χ4v) is 3.55. The van der Waals surface area contributed by atoms with Gasteiger partial charge in [-0.3, -0.25) is 9.20 Å². The van der Waals surface area contributed by atoms with Gasteiger partial charge in [-0.2, -0.15) is 13.2 Å². The number of aryl methyl sites for hydroxylation is 1. The van der Waals surface area contributed by atoms with Crippen molar-refractivity contribution < 1.29 is 55.7 Å². The van der Waals surface area contributed by atoms with Crippen molar-refractivity contribution >= 4 is 29.3 Å². The van der Waals surface area contributed by atoms with Crippen LogP contribution in [-0.4, -0.2) is 43.7 Å². The number of amides is 2. The Kier molecular flexibility index (Phi) is 9.62. The summed E-state index contributed by atoms with van der Waals surface area (Å²) in [5.74, 6) is -5.23. The van der Waals surface area contributed by atoms with Crippen LogP contribution in [0.25, 0.3) is 5.65 Å². The van der Waals surface area contributed by atoms with Crippen molar-refractivity contribution in [2.45, 2.75) is 26.3 Å². The first-order chi connectivity index (χ1) is 19.7. The molecule has 42 heavy (non-hydrogen) atoms. The Morgan fingerprint density at radius 3 is 2.24 bits per heavy atom. The minimum atomic E-state index is -5.08. The number of rotatable bonds is 7. The fourth-order valence-electron chi connectivity index (χ4n) is 3.55. The van der Waals surface area contributed by atoms with Gasteiger partial charge >= 0.3 is 18.2 Å². The average molecular weight is 598 g/mol. The number of ether oxygens (including phenoxy) is 1. The molecule has 0 atom stereocenters. The fraction of sp³-hybridized carbons (Fsp3) is 0.154. The first kappa shape index (κ1) is 31.3. The van der Waals surface area contributed by atoms with Crippen molar-refractivity contribution in [2.24, 2.45) is 0 Å². The summed E-state index contributed by atoms with van der Waals surface area (Å²) in [6.45, 7) is 0.986. The van der Waals surface area contributed by atoms with Gasteiger partial charge in [0.2, 0.25) is 0 Å². The van der Waals surface area contributed by atoms with Gasteiger partial charge in [0.25, 0.3) is 5.91 Å². The molecule has 4 aromatic rings. The van der Waals surface area contributed by atoms with Gasteiger partial charge in [0.05, 0.1) is 11.3 Å². The van der Waals surface area contributed by atoms with Crippen LogP contribution in [0.1, 0.15) is 27.3 Å². The number of nitrogens with one attached hydrogen (secondary N) is 2. The first-order valence-electron chi connectivity index (χ1n) is 11.6. The number of alkyl halides is 3. The van der Waals surface area contributed by atoms with Crippen molar-refractivity contribution in [3.8, 4) is 5.75 Å². The van der Waals surface area contributed by atoms with Crippen molar-refractivity contribution in [3.63, 3.8) is 0 Å². The predicted molar refractivity (Wildman–Crippen MR) is 134 cm³/mol. The summed E-state index contributed by atoms with van der Waals surface area (Å²) in [7, 11) is 0. The van der Waals surface area contributed by atoms with Gasteiger partial charge in [-0.05, 0) is 55.0 Å². The van der Waals surface area contributed by atoms with Crippen LogP contribution in [0.3, 0.4) is 0 Å². The molecule has 2 amide bonds. The third-order valence-electron chi connectivity index (χ3n) is 5.43. The molecule has 2 aromatic heterocycles. The molecule has 0 bridgehead atoms. The van der Waals surface area contributed by atoms with Crippen LogP contribution in [0.2, 0.25) is 0 Å². The van der Waals surface area contributed by atoms with Crippen molar-refractivity contribution in [1.29, 1.82) is 0 Å². The van der Waals surface area contributed by atoms with Crippen molar-refractivity contribution in [3.05, 3.63) is 94.7 Å². The molecule has 0 radical (unpaired) electrons. The van der Waals surface area contributed by atoms with E-state index in [1.165, 1.54) is 16.5 Å². The van der Waals surface area contributed by atoms with Gasteiger partial charge in [0, 0.05) is 18.4 Å². The molecule has 16 heteroatoms. The highest BCUT2D eigenvalue weighted by atomic mass is 19.4. The van der Waals surface area contributed by atoms with E-state index in [2.05, 4.69) is 15.6 Å². The van der Waals surface area contributed by atoms with E-state index in [9.17, 15) is 35.9 Å². The lowest BCUT2D eigenvalue weighted by Gasteiger charge is -2.12. The largest absolute Gasteiger partial charge is 0.490 e. The normalized spacial score (nSPS) is 10.9. The number of carboxylic acid groups (broad SMARTS) is 2. The monoisotopic (exact) mass is 598 g/mol. The van der Waals surface area contributed by atoms with Crippen LogP contribution in [0, 0.1) is 24.4 Å². The molecule has 222 valence electrons. The molecular formula is C26H20F6N4O6. The number of pyridine rings is 1. The topological polar surface area (TPSA) is 142 Å². The maximum absolute atomic E-state index is 14.0. The van der Waals surface area contributed by atoms with Crippen LogP contribution < -0.4 is 15.4 Å². The molecule has 0 unspecified atom stereocenters. The molecule has 0 saturated heterocycles. The first-order valence-corrected chi connectivity index (χ1v) is 11.6. The Balaban J connectivity index is 0.000000616. The highest BCUT2D eigenvalue weighted by molar-refractivity contribution is 6.05. The number of aromatic nitrogens is 2. The molecule has 2 heterocycles. The summed E-state index contributed by atoms with van der Waals surface area (Å²) in [6.07, 6.45) is -4.81. The summed E-state index contributed by atoms with van der Waals surface area (Å²) in [4.78, 5) is 37.2. The number of imidazole rings is 1. The maximum Gasteiger partial charge on any atom is 0.490 e. The number of nitrogens with zero attached hydrogens (tertiary/aromatic N) is 2. The number of benzene rings is 2. The smallest absolute Gasteiger partial charge is 0.485 e. The van der Waals surface area contributed by atoms with E-state index in [0.717, 1.165) is 24.3 Å². The summed E-state index contributed by atoms with van der Waals surface area (Å²) in [5, 5.41) is 20.7. The molecule has 0 spiro atoms. The van der Waals surface area contributed by atoms with Gasteiger partial charge < -0.3 is 25.6 Å². The lowest BCUT2D eigenvalue weighted by atomic mass is 10.1. The number of carboxylic acids is 1. The Morgan fingerprint density at radius 2 is 1.64 bits per heavy atom. The molecule has 0 aliphatic carbocycles. The van der Waals surface area contributed by atoms with Crippen LogP contribution in [0.15, 0.2) is 54.7 Å². The number of fused-ring (bicyclic) bond motifs is 1. The number of carbonyl (C=O) groups is 3. The highest BCUT2D eigenvalue weighted by Gasteiger charge is 2.38. The van der Waals surface area contributed by atoms with E-state index in [-0.39, 0.29) is 47.1 Å². The second-order valence-corrected chi connectivity index (χ2v) is 8.32. The maximum atomic E-state index is 14.0. The lowest BCUT2D eigenvalue weighted by Crippen LogP contribution is -2.22. The van der Waals surface area contributed by atoms with E-state index in [1.807, 2.05) is 0 Å². The second-order valence-electron chi connectivity index (χ2n) is 8.32. The summed E-state index contributed by atoms with van der Waals surface area (Å²) < 4.78 is 80.4. The molecule has 4 rings (SSSR count). The third-order valence-corrected chi connectivity index (χ3v) is 5.43. The SMILES string of the molecule is Cc1nc2c(OCc3c(F)cccc3F)cccn2c1C(=O)Nc1ccc(F)cc1CNC(=O)O.O=C(O)C(F)(F)F. The number of anilines is 1.